The molecule has 0 bridgehead atoms. The van der Waals surface area contributed by atoms with Gasteiger partial charge in [0, 0.05) is 12.1 Å². The van der Waals surface area contributed by atoms with E-state index in [1.807, 2.05) is 0 Å². The van der Waals surface area contributed by atoms with Gasteiger partial charge in [-0.05, 0) is 61.4 Å². The molecule has 0 aromatic heterocycles. The minimum absolute atomic E-state index is 0.0279. The molecule has 3 rings (SSSR count). The summed E-state index contributed by atoms with van der Waals surface area (Å²) in [5.41, 5.74) is -4.04. The largest absolute Gasteiger partial charge is 0.297 e. The van der Waals surface area contributed by atoms with Gasteiger partial charge in [0.15, 0.2) is 0 Å². The number of nitrogens with zero attached hydrogens (tertiary/aromatic N) is 5. The van der Waals surface area contributed by atoms with Gasteiger partial charge in [-0.2, -0.15) is 0 Å². The predicted molar refractivity (Wildman–Crippen MR) is 140 cm³/mol. The number of rotatable bonds is 9. The van der Waals surface area contributed by atoms with Crippen molar-refractivity contribution < 1.29 is 24.6 Å². The Balaban J connectivity index is 2.35. The molecule has 0 atom stereocenters. The molecule has 0 radical (unpaired) electrons. The summed E-state index contributed by atoms with van der Waals surface area (Å²) in [4.78, 5) is 54.0. The number of hydrogen-bond acceptors (Lipinski definition) is 10. The van der Waals surface area contributed by atoms with Crippen LogP contribution >= 0.6 is 0 Å². The number of nitro groups is 5. The number of nitro benzene ring substituents is 5. The molecule has 0 saturated carbocycles. The molecule has 0 aliphatic carbocycles. The second-order valence-electron chi connectivity index (χ2n) is 8.17. The summed E-state index contributed by atoms with van der Waals surface area (Å²) in [6, 6.07) is 8.72. The van der Waals surface area contributed by atoms with E-state index in [1.54, 1.807) is 13.8 Å². The van der Waals surface area contributed by atoms with E-state index in [1.165, 1.54) is 36.4 Å². The summed E-state index contributed by atoms with van der Waals surface area (Å²) in [5, 5.41) is 58.6. The SMILES string of the molecule is Cc1ccc(/C=C/c2c([N+](=O)[O-])cc([N+](=O)[O-])c(/C=C/c3ccc(C)cc3[N+](=O)[O-])c2[N+](=O)[O-])c([N+](=O)[O-])c1. The van der Waals surface area contributed by atoms with Crippen molar-refractivity contribution in [2.45, 2.75) is 13.8 Å². The molecule has 0 aliphatic heterocycles. The van der Waals surface area contributed by atoms with Gasteiger partial charge in [-0.3, -0.25) is 50.6 Å². The Hall–Kier alpha value is -5.86. The smallest absolute Gasteiger partial charge is 0.258 e. The van der Waals surface area contributed by atoms with Crippen LogP contribution in [0.15, 0.2) is 42.5 Å². The van der Waals surface area contributed by atoms with Gasteiger partial charge in [0.2, 0.25) is 0 Å². The van der Waals surface area contributed by atoms with Crippen LogP contribution in [0.4, 0.5) is 28.4 Å². The standard InChI is InChI=1S/C24H17N5O10/c1-14-3-5-16(20(11-14)25(30)31)7-9-18-22(27(34)35)13-23(28(36)37)19(24(18)29(38)39)10-8-17-6-4-15(2)12-21(17)26(32)33/h3-13H,1-2H3/b9-7+,10-8+. The Labute approximate surface area is 218 Å². The van der Waals surface area contributed by atoms with E-state index in [-0.39, 0.29) is 22.5 Å². The molecule has 0 saturated heterocycles. The molecular formula is C24H17N5O10. The van der Waals surface area contributed by atoms with Crippen LogP contribution < -0.4 is 0 Å². The van der Waals surface area contributed by atoms with Crippen molar-refractivity contribution >= 4 is 52.7 Å². The lowest BCUT2D eigenvalue weighted by molar-refractivity contribution is -0.403. The van der Waals surface area contributed by atoms with E-state index in [9.17, 15) is 50.6 Å². The summed E-state index contributed by atoms with van der Waals surface area (Å²) >= 11 is 0. The maximum Gasteiger partial charge on any atom is 0.297 e. The average Bonchev–Trinajstić information content (AvgIpc) is 2.85. The molecule has 3 aromatic carbocycles. The van der Waals surface area contributed by atoms with Crippen LogP contribution in [-0.2, 0) is 0 Å². The van der Waals surface area contributed by atoms with Crippen molar-refractivity contribution in [1.29, 1.82) is 0 Å². The van der Waals surface area contributed by atoms with Crippen LogP contribution in [0.3, 0.4) is 0 Å². The summed E-state index contributed by atoms with van der Waals surface area (Å²) in [6.45, 7) is 3.20. The van der Waals surface area contributed by atoms with Crippen LogP contribution in [-0.4, -0.2) is 24.6 Å². The Bertz CT molecular complexity index is 1520. The Morgan fingerprint density at radius 2 is 0.846 bits per heavy atom. The maximum absolute atomic E-state index is 12.1. The van der Waals surface area contributed by atoms with Gasteiger partial charge in [-0.1, -0.05) is 12.1 Å². The Morgan fingerprint density at radius 1 is 0.487 bits per heavy atom. The van der Waals surface area contributed by atoms with Crippen molar-refractivity contribution in [2.75, 3.05) is 0 Å². The van der Waals surface area contributed by atoms with Crippen LogP contribution in [0.1, 0.15) is 33.4 Å². The zero-order valence-corrected chi connectivity index (χ0v) is 20.2. The molecule has 15 nitrogen and oxygen atoms in total. The third-order valence-electron chi connectivity index (χ3n) is 5.54. The van der Waals surface area contributed by atoms with Crippen molar-refractivity contribution in [3.63, 3.8) is 0 Å². The van der Waals surface area contributed by atoms with E-state index < -0.39 is 52.8 Å². The highest BCUT2D eigenvalue weighted by molar-refractivity contribution is 5.90. The van der Waals surface area contributed by atoms with Crippen LogP contribution in [0.2, 0.25) is 0 Å². The first kappa shape index (κ1) is 27.7. The zero-order chi connectivity index (χ0) is 29.0. The van der Waals surface area contributed by atoms with Gasteiger partial charge in [0.05, 0.1) is 41.8 Å². The highest BCUT2D eigenvalue weighted by atomic mass is 16.6. The molecule has 3 aromatic rings. The first-order chi connectivity index (χ1) is 18.3. The highest BCUT2D eigenvalue weighted by Gasteiger charge is 2.34. The molecule has 0 amide bonds. The van der Waals surface area contributed by atoms with Crippen LogP contribution in [0.5, 0.6) is 0 Å². The van der Waals surface area contributed by atoms with Gasteiger partial charge in [-0.15, -0.1) is 0 Å². The first-order valence-corrected chi connectivity index (χ1v) is 10.8. The topological polar surface area (TPSA) is 216 Å². The summed E-state index contributed by atoms with van der Waals surface area (Å²) < 4.78 is 0. The third-order valence-corrected chi connectivity index (χ3v) is 5.54. The summed E-state index contributed by atoms with van der Waals surface area (Å²) in [6.07, 6.45) is 3.89. The molecule has 39 heavy (non-hydrogen) atoms. The monoisotopic (exact) mass is 535 g/mol. The molecular weight excluding hydrogens is 518 g/mol. The Morgan fingerprint density at radius 3 is 1.15 bits per heavy atom. The van der Waals surface area contributed by atoms with Crippen molar-refractivity contribution in [3.8, 4) is 0 Å². The minimum atomic E-state index is -1.06. The van der Waals surface area contributed by atoms with Crippen molar-refractivity contribution in [2.24, 2.45) is 0 Å². The quantitative estimate of drug-likeness (QED) is 0.172. The van der Waals surface area contributed by atoms with Crippen LogP contribution in [0.25, 0.3) is 24.3 Å². The van der Waals surface area contributed by atoms with Gasteiger partial charge < -0.3 is 0 Å². The molecule has 0 spiro atoms. The second-order valence-corrected chi connectivity index (χ2v) is 8.17. The fraction of sp³-hybridized carbons (Fsp3) is 0.0833. The minimum Gasteiger partial charge on any atom is -0.258 e. The van der Waals surface area contributed by atoms with Crippen molar-refractivity contribution in [3.05, 3.63) is 126 Å². The van der Waals surface area contributed by atoms with Gasteiger partial charge in [0.1, 0.15) is 11.1 Å². The summed E-state index contributed by atoms with van der Waals surface area (Å²) in [7, 11) is 0. The normalized spacial score (nSPS) is 11.1. The lowest BCUT2D eigenvalue weighted by Crippen LogP contribution is -2.04. The number of aryl methyl sites for hydroxylation is 2. The maximum atomic E-state index is 12.1. The molecule has 0 N–H and O–H groups in total. The van der Waals surface area contributed by atoms with E-state index >= 15 is 0 Å². The number of benzene rings is 3. The average molecular weight is 535 g/mol. The summed E-state index contributed by atoms with van der Waals surface area (Å²) in [5.74, 6) is 0. The molecule has 0 fully saturated rings. The number of hydrogen-bond donors (Lipinski definition) is 0. The van der Waals surface area contributed by atoms with Crippen molar-refractivity contribution in [1.82, 2.24) is 0 Å². The van der Waals surface area contributed by atoms with Gasteiger partial charge >= 0.3 is 0 Å². The van der Waals surface area contributed by atoms with E-state index in [0.29, 0.717) is 17.2 Å². The fourth-order valence-corrected chi connectivity index (χ4v) is 3.75. The highest BCUT2D eigenvalue weighted by Crippen LogP contribution is 2.41. The molecule has 0 aliphatic rings. The fourth-order valence-electron chi connectivity index (χ4n) is 3.75. The molecule has 0 unspecified atom stereocenters. The van der Waals surface area contributed by atoms with E-state index in [2.05, 4.69) is 0 Å². The predicted octanol–water partition coefficient (Wildman–Crippen LogP) is 6.19. The molecule has 0 heterocycles. The lowest BCUT2D eigenvalue weighted by Gasteiger charge is -2.06. The van der Waals surface area contributed by atoms with Gasteiger partial charge in [0.25, 0.3) is 28.4 Å². The van der Waals surface area contributed by atoms with Crippen LogP contribution in [0, 0.1) is 64.4 Å². The van der Waals surface area contributed by atoms with E-state index in [0.717, 1.165) is 24.3 Å². The van der Waals surface area contributed by atoms with Gasteiger partial charge in [-0.25, -0.2) is 0 Å². The third kappa shape index (κ3) is 5.93. The lowest BCUT2D eigenvalue weighted by atomic mass is 9.99. The Kier molecular flexibility index (Phi) is 7.85. The van der Waals surface area contributed by atoms with E-state index in [4.69, 9.17) is 0 Å². The second kappa shape index (κ2) is 11.0. The first-order valence-electron chi connectivity index (χ1n) is 10.8. The zero-order valence-electron chi connectivity index (χ0n) is 20.2. The molecule has 198 valence electrons. The molecule has 15 heteroatoms.